The number of nitrogens with zero attached hydrogens (tertiary/aromatic N) is 2. The lowest BCUT2D eigenvalue weighted by atomic mass is 10.0. The highest BCUT2D eigenvalue weighted by molar-refractivity contribution is 7.80. The van der Waals surface area contributed by atoms with Crippen molar-refractivity contribution in [3.8, 4) is 0 Å². The topological polar surface area (TPSA) is 90.9 Å². The van der Waals surface area contributed by atoms with E-state index in [0.717, 1.165) is 12.1 Å². The van der Waals surface area contributed by atoms with Crippen LogP contribution in [0.1, 0.15) is 17.2 Å². The monoisotopic (exact) mass is 280 g/mol. The van der Waals surface area contributed by atoms with Crippen LogP contribution in [0.15, 0.2) is 29.4 Å². The van der Waals surface area contributed by atoms with Crippen molar-refractivity contribution in [1.29, 1.82) is 0 Å². The fourth-order valence-corrected chi connectivity index (χ4v) is 2.54. The lowest BCUT2D eigenvalue weighted by Gasteiger charge is -2.27. The van der Waals surface area contributed by atoms with Gasteiger partial charge in [0.05, 0.1) is 6.21 Å². The van der Waals surface area contributed by atoms with E-state index >= 15 is 0 Å². The Bertz CT molecular complexity index is 477. The zero-order valence-electron chi connectivity index (χ0n) is 10.2. The third-order valence-corrected chi connectivity index (χ3v) is 3.53. The number of carboxylic acid groups (broad SMARTS) is 1. The van der Waals surface area contributed by atoms with Gasteiger partial charge in [-0.25, -0.2) is 0 Å². The summed E-state index contributed by atoms with van der Waals surface area (Å²) in [5.74, 6) is 4.19. The number of carbonyl (C=O) groups is 1. The van der Waals surface area contributed by atoms with Crippen molar-refractivity contribution in [2.45, 2.75) is 11.5 Å². The van der Waals surface area contributed by atoms with Crippen LogP contribution in [0.4, 0.5) is 0 Å². The van der Waals surface area contributed by atoms with E-state index in [9.17, 15) is 9.90 Å². The second-order valence-electron chi connectivity index (χ2n) is 4.25. The Morgan fingerprint density at radius 3 is 2.74 bits per heavy atom. The highest BCUT2D eigenvalue weighted by Gasteiger charge is 2.33. The number of aliphatic carboxylic acids is 1. The maximum absolute atomic E-state index is 11.5. The third-order valence-electron chi connectivity index (χ3n) is 3.05. The van der Waals surface area contributed by atoms with Gasteiger partial charge in [-0.15, -0.1) is 12.6 Å². The van der Waals surface area contributed by atoms with Gasteiger partial charge in [-0.1, -0.05) is 24.3 Å². The number of carboxylic acids is 1. The molecule has 0 saturated carbocycles. The number of nitrogens with two attached hydrogens (primary N) is 1. The molecular weight excluding hydrogens is 264 g/mol. The first-order chi connectivity index (χ1) is 9.13. The van der Waals surface area contributed by atoms with E-state index in [0.29, 0.717) is 12.1 Å². The summed E-state index contributed by atoms with van der Waals surface area (Å²) in [6.07, 6.45) is 1.51. The van der Waals surface area contributed by atoms with Crippen LogP contribution in [0.2, 0.25) is 0 Å². The molecular formula is C12H16N4O2S. The van der Waals surface area contributed by atoms with E-state index in [2.05, 4.69) is 23.0 Å². The summed E-state index contributed by atoms with van der Waals surface area (Å²) in [7, 11) is 0. The summed E-state index contributed by atoms with van der Waals surface area (Å²) in [5.41, 5.74) is 1.30. The van der Waals surface area contributed by atoms with Crippen molar-refractivity contribution in [3.05, 3.63) is 35.4 Å². The van der Waals surface area contributed by atoms with Gasteiger partial charge in [-0.2, -0.15) is 5.10 Å². The van der Waals surface area contributed by atoms with Gasteiger partial charge in [-0.3, -0.25) is 15.0 Å². The van der Waals surface area contributed by atoms with Crippen molar-refractivity contribution < 1.29 is 9.90 Å². The van der Waals surface area contributed by atoms with Crippen molar-refractivity contribution in [1.82, 2.24) is 10.2 Å². The summed E-state index contributed by atoms with van der Waals surface area (Å²) < 4.78 is 0. The first-order valence-electron chi connectivity index (χ1n) is 5.86. The van der Waals surface area contributed by atoms with Crippen LogP contribution >= 0.6 is 12.6 Å². The smallest absolute Gasteiger partial charge is 0.325 e. The zero-order valence-corrected chi connectivity index (χ0v) is 11.1. The Kier molecular flexibility index (Phi) is 4.41. The van der Waals surface area contributed by atoms with E-state index in [1.165, 1.54) is 6.21 Å². The van der Waals surface area contributed by atoms with Gasteiger partial charge in [0.25, 0.3) is 0 Å². The number of hydrogen-bond acceptors (Lipinski definition) is 6. The molecule has 1 aliphatic rings. The molecule has 1 aromatic rings. The average molecular weight is 280 g/mol. The van der Waals surface area contributed by atoms with Crippen molar-refractivity contribution >= 4 is 24.8 Å². The van der Waals surface area contributed by atoms with E-state index < -0.39 is 12.0 Å². The number of thiol groups is 1. The molecule has 0 aliphatic carbocycles. The summed E-state index contributed by atoms with van der Waals surface area (Å²) >= 11 is 4.34. The molecule has 0 bridgehead atoms. The quantitative estimate of drug-likeness (QED) is 0.274. The molecule has 0 amide bonds. The summed E-state index contributed by atoms with van der Waals surface area (Å²) in [4.78, 5) is 13.3. The highest BCUT2D eigenvalue weighted by atomic mass is 32.1. The van der Waals surface area contributed by atoms with Gasteiger partial charge >= 0.3 is 5.97 Å². The van der Waals surface area contributed by atoms with Crippen LogP contribution in [0.5, 0.6) is 0 Å². The predicted octanol–water partition coefficient (Wildman–Crippen LogP) is 0.223. The lowest BCUT2D eigenvalue weighted by Crippen LogP contribution is -2.38. The first-order valence-corrected chi connectivity index (χ1v) is 6.38. The molecule has 0 spiro atoms. The van der Waals surface area contributed by atoms with E-state index in [1.807, 2.05) is 0 Å². The Labute approximate surface area is 116 Å². The number of hydrogen-bond donors (Lipinski definition) is 4. The molecule has 1 saturated heterocycles. The summed E-state index contributed by atoms with van der Waals surface area (Å²) in [6, 6.07) is 6.42. The van der Waals surface area contributed by atoms with Crippen molar-refractivity contribution in [2.24, 2.45) is 10.9 Å². The maximum atomic E-state index is 11.5. The Balaban J connectivity index is 2.26. The molecule has 1 fully saturated rings. The third kappa shape index (κ3) is 3.06. The molecule has 4 N–H and O–H groups in total. The maximum Gasteiger partial charge on any atom is 0.325 e. The van der Waals surface area contributed by atoms with Crippen LogP contribution < -0.4 is 11.2 Å². The number of nitrogens with one attached hydrogen (secondary N) is 1. The normalized spacial score (nSPS) is 21.8. The Morgan fingerprint density at radius 2 is 2.26 bits per heavy atom. The van der Waals surface area contributed by atoms with Crippen LogP contribution in [-0.2, 0) is 4.79 Å². The SMILES string of the molecule is NN=Cc1ccc(C(C(=O)O)N2CCNC2S)cc1. The van der Waals surface area contributed by atoms with Crippen molar-refractivity contribution in [2.75, 3.05) is 13.1 Å². The van der Waals surface area contributed by atoms with Gasteiger partial charge in [0, 0.05) is 13.1 Å². The van der Waals surface area contributed by atoms with Crippen LogP contribution in [0.25, 0.3) is 0 Å². The van der Waals surface area contributed by atoms with Gasteiger partial charge in [0.1, 0.15) is 11.5 Å². The predicted molar refractivity (Wildman–Crippen MR) is 76.1 cm³/mol. The van der Waals surface area contributed by atoms with Gasteiger partial charge < -0.3 is 10.9 Å². The molecule has 0 aromatic heterocycles. The molecule has 19 heavy (non-hydrogen) atoms. The second kappa shape index (κ2) is 6.05. The first kappa shape index (κ1) is 13.9. The largest absolute Gasteiger partial charge is 0.480 e. The van der Waals surface area contributed by atoms with Gasteiger partial charge in [0.15, 0.2) is 0 Å². The van der Waals surface area contributed by atoms with Crippen molar-refractivity contribution in [3.63, 3.8) is 0 Å². The fraction of sp³-hybridized carbons (Fsp3) is 0.333. The van der Waals surface area contributed by atoms with Gasteiger partial charge in [-0.05, 0) is 11.1 Å². The molecule has 7 heteroatoms. The minimum Gasteiger partial charge on any atom is -0.480 e. The zero-order chi connectivity index (χ0) is 13.8. The number of benzene rings is 1. The fourth-order valence-electron chi connectivity index (χ4n) is 2.16. The average Bonchev–Trinajstić information content (AvgIpc) is 2.78. The summed E-state index contributed by atoms with van der Waals surface area (Å²) in [6.45, 7) is 1.38. The Morgan fingerprint density at radius 1 is 1.58 bits per heavy atom. The molecule has 102 valence electrons. The lowest BCUT2D eigenvalue weighted by molar-refractivity contribution is -0.143. The number of rotatable bonds is 4. The second-order valence-corrected chi connectivity index (χ2v) is 4.74. The highest BCUT2D eigenvalue weighted by Crippen LogP contribution is 2.26. The molecule has 2 unspecified atom stereocenters. The van der Waals surface area contributed by atoms with Crippen LogP contribution in [-0.4, -0.2) is 40.8 Å². The molecule has 6 nitrogen and oxygen atoms in total. The van der Waals surface area contributed by atoms with Gasteiger partial charge in [0.2, 0.25) is 0 Å². The van der Waals surface area contributed by atoms with Crippen LogP contribution in [0, 0.1) is 0 Å². The minimum absolute atomic E-state index is 0.244. The van der Waals surface area contributed by atoms with E-state index in [1.54, 1.807) is 29.2 Å². The molecule has 1 heterocycles. The van der Waals surface area contributed by atoms with Crippen LogP contribution in [0.3, 0.4) is 0 Å². The van der Waals surface area contributed by atoms with E-state index in [-0.39, 0.29) is 5.50 Å². The standard InChI is InChI=1S/C12H16N4O2S/c13-15-7-8-1-3-9(4-2-8)10(11(17)18)16-6-5-14-12(16)19/h1-4,7,10,12,14,19H,5-6,13H2,(H,17,18). The Hall–Kier alpha value is -1.57. The van der Waals surface area contributed by atoms with E-state index in [4.69, 9.17) is 5.84 Å². The minimum atomic E-state index is -0.886. The molecule has 2 rings (SSSR count). The molecule has 2 atom stereocenters. The summed E-state index contributed by atoms with van der Waals surface area (Å²) in [5, 5.41) is 16.0. The molecule has 1 aliphatic heterocycles. The molecule has 1 aromatic carbocycles. The number of hydrazone groups is 1. The molecule has 0 radical (unpaired) electrons.